The number of carboxylic acid groups (broad SMARTS) is 1. The van der Waals surface area contributed by atoms with E-state index < -0.39 is 70.3 Å². The predicted molar refractivity (Wildman–Crippen MR) is 224 cm³/mol. The van der Waals surface area contributed by atoms with Crippen LogP contribution in [-0.2, 0) is 17.9 Å². The molecule has 0 atom stereocenters. The van der Waals surface area contributed by atoms with Crippen LogP contribution in [0.3, 0.4) is 0 Å². The molecular formula is C38H54Gd2N8O16. The number of carboxylic acids is 1. The van der Waals surface area contributed by atoms with Gasteiger partial charge in [0.15, 0.2) is 23.0 Å². The van der Waals surface area contributed by atoms with Gasteiger partial charge in [-0.3, -0.25) is 38.1 Å². The quantitative estimate of drug-likeness (QED) is 0.0374. The molecule has 24 nitrogen and oxygen atoms in total. The number of nitrogens with one attached hydrogen (secondary N) is 5. The summed E-state index contributed by atoms with van der Waals surface area (Å²) in [5.74, 6) is -6.48. The summed E-state index contributed by atoms with van der Waals surface area (Å²) in [6.07, 6.45) is 0. The zero-order valence-electron chi connectivity index (χ0n) is 34.6. The van der Waals surface area contributed by atoms with Crippen molar-refractivity contribution in [1.29, 1.82) is 0 Å². The van der Waals surface area contributed by atoms with E-state index in [4.69, 9.17) is 10.8 Å². The largest absolute Gasteiger partial charge is 0.504 e. The van der Waals surface area contributed by atoms with Crippen molar-refractivity contribution in [1.82, 2.24) is 35.7 Å². The normalized spacial score (nSPS) is 9.50. The topological polar surface area (TPSA) is 443 Å². The molecule has 0 saturated carbocycles. The van der Waals surface area contributed by atoms with Crippen LogP contribution in [0.5, 0.6) is 23.0 Å². The molecule has 0 aliphatic carbocycles. The molecule has 0 bridgehead atoms. The molecule has 358 valence electrons. The number of aromatic nitrogens is 2. The Labute approximate surface area is 429 Å². The molecule has 0 fully saturated rings. The van der Waals surface area contributed by atoms with Gasteiger partial charge in [0.05, 0.1) is 28.8 Å². The number of amides is 4. The first-order valence-electron chi connectivity index (χ1n) is 17.7. The molecule has 0 radical (unpaired) electrons. The third kappa shape index (κ3) is 18.1. The maximum absolute atomic E-state index is 12.7. The van der Waals surface area contributed by atoms with Crippen LogP contribution in [0.15, 0.2) is 64.2 Å². The van der Waals surface area contributed by atoms with E-state index in [9.17, 15) is 54.0 Å². The number of aliphatic carboxylic acids is 1. The van der Waals surface area contributed by atoms with Crippen molar-refractivity contribution in [2.24, 2.45) is 5.73 Å². The second kappa shape index (κ2) is 32.0. The molecule has 4 aromatic rings. The molecule has 0 spiro atoms. The Morgan fingerprint density at radius 2 is 0.984 bits per heavy atom. The van der Waals surface area contributed by atoms with Crippen molar-refractivity contribution in [3.8, 4) is 23.0 Å². The Morgan fingerprint density at radius 1 is 0.578 bits per heavy atom. The number of benzene rings is 2. The molecule has 20 N–H and O–H groups in total. The van der Waals surface area contributed by atoms with Gasteiger partial charge in [0.1, 0.15) is 6.54 Å². The number of phenolic OH excluding ortho intramolecular Hbond substituents is 2. The number of nitrogens with two attached hydrogens (primary N) is 1. The van der Waals surface area contributed by atoms with Crippen LogP contribution < -0.4 is 43.4 Å². The van der Waals surface area contributed by atoms with E-state index in [-0.39, 0.29) is 162 Å². The number of hydrogen-bond acceptors (Lipinski definition) is 13. The average molecular weight is 1190 g/mol. The summed E-state index contributed by atoms with van der Waals surface area (Å²) >= 11 is 0. The minimum Gasteiger partial charge on any atom is -0.504 e. The van der Waals surface area contributed by atoms with Gasteiger partial charge in [-0.25, -0.2) is 0 Å². The van der Waals surface area contributed by atoms with Gasteiger partial charge in [-0.2, -0.15) is 0 Å². The standard InChI is InChI=1S/C27H31N5O7.C11H15N3O5.2Gd.4H2O/c1-16-14-20(23(35)27(39)32(16)15-17-6-4-3-5-7-17)26(38)31-13-11-29-10-12-30-25(37)19-9-8-18(24(36)28-2)21(33)22(19)34;1-6-4-7(10(18)13-3-2-12)9(17)11(19)14(6)5-8(15)16;;;;;;/h3-9,14,29,33-35H,10-13,15H2,1-2H3,(H,28,36)(H,30,37)(H,31,38);4,17H,2-3,5,12H2,1H3,(H,13,18)(H,15,16);;;4*1H2. The molecule has 4 amide bonds. The number of rotatable bonds is 16. The molecule has 64 heavy (non-hydrogen) atoms. The summed E-state index contributed by atoms with van der Waals surface area (Å²) in [6, 6.07) is 14.5. The van der Waals surface area contributed by atoms with Gasteiger partial charge in [-0.15, -0.1) is 0 Å². The number of pyridine rings is 2. The number of aromatic hydroxyl groups is 4. The van der Waals surface area contributed by atoms with Crippen molar-refractivity contribution >= 4 is 29.6 Å². The van der Waals surface area contributed by atoms with Gasteiger partial charge < -0.3 is 84.3 Å². The fourth-order valence-electron chi connectivity index (χ4n) is 5.36. The van der Waals surface area contributed by atoms with Crippen molar-refractivity contribution in [3.63, 3.8) is 0 Å². The summed E-state index contributed by atoms with van der Waals surface area (Å²) in [4.78, 5) is 83.2. The second-order valence-electron chi connectivity index (χ2n) is 12.5. The van der Waals surface area contributed by atoms with E-state index in [1.54, 1.807) is 6.92 Å². The summed E-state index contributed by atoms with van der Waals surface area (Å²) in [7, 11) is 1.37. The van der Waals surface area contributed by atoms with E-state index in [1.165, 1.54) is 42.8 Å². The zero-order chi connectivity index (χ0) is 43.1. The van der Waals surface area contributed by atoms with Crippen LogP contribution >= 0.6 is 0 Å². The molecule has 0 aliphatic heterocycles. The fraction of sp³-hybridized carbons (Fsp3) is 0.289. The Hall–Kier alpha value is -4.70. The SMILES string of the molecule is CNC(=O)c1ccc(C(=O)NCCNCCNC(=O)c2cc(C)n(Cc3ccccc3)c(=O)c2O)c(O)c1O.Cc1cc(C(=O)NCCN)c(O)c(=O)n1CC(=O)O.O.O.O.O.[Gd].[Gd]. The van der Waals surface area contributed by atoms with Gasteiger partial charge >= 0.3 is 5.97 Å². The number of aryl methyl sites for hydroxylation is 2. The van der Waals surface area contributed by atoms with Crippen molar-refractivity contribution in [2.45, 2.75) is 26.9 Å². The number of hydrogen-bond donors (Lipinski definition) is 11. The van der Waals surface area contributed by atoms with E-state index in [0.29, 0.717) is 18.8 Å². The fourth-order valence-corrected chi connectivity index (χ4v) is 5.36. The van der Waals surface area contributed by atoms with E-state index in [0.717, 1.165) is 10.1 Å². The van der Waals surface area contributed by atoms with E-state index in [2.05, 4.69) is 26.6 Å². The van der Waals surface area contributed by atoms with Crippen molar-refractivity contribution in [3.05, 3.63) is 115 Å². The molecule has 0 aliphatic rings. The molecule has 2 heterocycles. The van der Waals surface area contributed by atoms with Crippen LogP contribution in [0.25, 0.3) is 0 Å². The number of nitrogens with zero attached hydrogens (tertiary/aromatic N) is 2. The maximum Gasteiger partial charge on any atom is 0.323 e. The Balaban J connectivity index is -0.000000619. The first kappa shape index (κ1) is 65.9. The first-order chi connectivity index (χ1) is 27.5. The molecule has 26 heteroatoms. The third-order valence-electron chi connectivity index (χ3n) is 8.40. The van der Waals surface area contributed by atoms with E-state index in [1.807, 2.05) is 30.3 Å². The minimum absolute atomic E-state index is 0. The summed E-state index contributed by atoms with van der Waals surface area (Å²) in [6.45, 7) is 4.29. The number of phenols is 2. The molecular weight excluding hydrogens is 1140 g/mol. The number of carbonyl (C=O) groups excluding carboxylic acids is 4. The summed E-state index contributed by atoms with van der Waals surface area (Å²) in [5.41, 5.74) is 4.68. The smallest absolute Gasteiger partial charge is 0.323 e. The minimum atomic E-state index is -1.22. The summed E-state index contributed by atoms with van der Waals surface area (Å²) in [5, 5.41) is 61.7. The molecule has 2 aromatic heterocycles. The monoisotopic (exact) mass is 1190 g/mol. The van der Waals surface area contributed by atoms with E-state index >= 15 is 0 Å². The summed E-state index contributed by atoms with van der Waals surface area (Å²) < 4.78 is 2.27. The molecule has 0 unspecified atom stereocenters. The molecule has 4 rings (SSSR count). The Kier molecular flexibility index (Phi) is 33.0. The molecule has 0 saturated heterocycles. The van der Waals surface area contributed by atoms with Crippen molar-refractivity contribution < 1.29 is 151 Å². The third-order valence-corrected chi connectivity index (χ3v) is 8.40. The van der Waals surface area contributed by atoms with Crippen LogP contribution in [0.1, 0.15) is 58.4 Å². The first-order valence-corrected chi connectivity index (χ1v) is 17.7. The zero-order valence-corrected chi connectivity index (χ0v) is 39.2. The van der Waals surface area contributed by atoms with Gasteiger partial charge in [0, 0.05) is 138 Å². The number of carbonyl (C=O) groups is 5. The Morgan fingerprint density at radius 3 is 1.42 bits per heavy atom. The van der Waals surface area contributed by atoms with Gasteiger partial charge in [-0.05, 0) is 43.7 Å². The van der Waals surface area contributed by atoms with Crippen LogP contribution in [0.4, 0.5) is 0 Å². The maximum atomic E-state index is 12.7. The van der Waals surface area contributed by atoms with Crippen LogP contribution in [0.2, 0.25) is 0 Å². The van der Waals surface area contributed by atoms with Gasteiger partial charge in [-0.1, -0.05) is 30.3 Å². The van der Waals surface area contributed by atoms with Crippen LogP contribution in [0, 0.1) is 93.7 Å². The van der Waals surface area contributed by atoms with Crippen LogP contribution in [-0.4, -0.2) is 132 Å². The second-order valence-corrected chi connectivity index (χ2v) is 12.5. The van der Waals surface area contributed by atoms with Crippen molar-refractivity contribution in [2.75, 3.05) is 46.3 Å². The average Bonchev–Trinajstić information content (AvgIpc) is 3.20. The predicted octanol–water partition coefficient (Wildman–Crippen LogP) is -4.23. The van der Waals surface area contributed by atoms with Gasteiger partial charge in [0.2, 0.25) is 0 Å². The Bertz CT molecular complexity index is 2290. The molecule has 2 aromatic carbocycles. The van der Waals surface area contributed by atoms with Gasteiger partial charge in [0.25, 0.3) is 34.7 Å².